The number of amides is 3. The maximum absolute atomic E-state index is 12.6. The first-order valence-corrected chi connectivity index (χ1v) is 11.0. The van der Waals surface area contributed by atoms with E-state index >= 15 is 0 Å². The molecule has 0 radical (unpaired) electrons. The SMILES string of the molecule is Cc1cccc(C)c1NC(=O)CN(C)C(=O)CN1CCN(C(=O)c2cccc(Cl)c2)CC1. The van der Waals surface area contributed by atoms with Crippen molar-refractivity contribution in [3.8, 4) is 0 Å². The lowest BCUT2D eigenvalue weighted by Crippen LogP contribution is -2.51. The number of piperazine rings is 1. The van der Waals surface area contributed by atoms with Crippen LogP contribution >= 0.6 is 11.6 Å². The summed E-state index contributed by atoms with van der Waals surface area (Å²) in [6, 6.07) is 12.7. The van der Waals surface area contributed by atoms with E-state index in [-0.39, 0.29) is 30.8 Å². The average Bonchev–Trinajstić information content (AvgIpc) is 2.76. The molecule has 170 valence electrons. The van der Waals surface area contributed by atoms with Crippen molar-refractivity contribution in [2.75, 3.05) is 51.6 Å². The summed E-state index contributed by atoms with van der Waals surface area (Å²) < 4.78 is 0. The minimum atomic E-state index is -0.227. The summed E-state index contributed by atoms with van der Waals surface area (Å²) in [5, 5.41) is 3.44. The summed E-state index contributed by atoms with van der Waals surface area (Å²) >= 11 is 5.98. The number of carbonyl (C=O) groups is 3. The molecule has 0 atom stereocenters. The lowest BCUT2D eigenvalue weighted by molar-refractivity contribution is -0.134. The Morgan fingerprint density at radius 3 is 2.25 bits per heavy atom. The molecule has 3 amide bonds. The molecule has 0 aliphatic carbocycles. The van der Waals surface area contributed by atoms with Gasteiger partial charge in [0, 0.05) is 49.5 Å². The molecule has 1 saturated heterocycles. The molecule has 1 aliphatic heterocycles. The van der Waals surface area contributed by atoms with Crippen LogP contribution in [0.4, 0.5) is 5.69 Å². The average molecular weight is 457 g/mol. The third kappa shape index (κ3) is 6.08. The largest absolute Gasteiger partial charge is 0.336 e. The van der Waals surface area contributed by atoms with E-state index in [1.54, 1.807) is 36.2 Å². The van der Waals surface area contributed by atoms with Crippen molar-refractivity contribution >= 4 is 35.0 Å². The topological polar surface area (TPSA) is 73.0 Å². The Balaban J connectivity index is 1.46. The number of aryl methyl sites for hydroxylation is 2. The van der Waals surface area contributed by atoms with Gasteiger partial charge in [-0.15, -0.1) is 0 Å². The number of likely N-dealkylation sites (N-methyl/N-ethyl adjacent to an activating group) is 1. The summed E-state index contributed by atoms with van der Waals surface area (Å²) in [4.78, 5) is 42.9. The highest BCUT2D eigenvalue weighted by Crippen LogP contribution is 2.19. The van der Waals surface area contributed by atoms with Crippen LogP contribution in [0.15, 0.2) is 42.5 Å². The molecular weight excluding hydrogens is 428 g/mol. The molecule has 8 heteroatoms. The number of benzene rings is 2. The van der Waals surface area contributed by atoms with Crippen LogP contribution in [0, 0.1) is 13.8 Å². The van der Waals surface area contributed by atoms with Crippen molar-refractivity contribution < 1.29 is 14.4 Å². The highest BCUT2D eigenvalue weighted by atomic mass is 35.5. The summed E-state index contributed by atoms with van der Waals surface area (Å²) in [5.74, 6) is -0.412. The van der Waals surface area contributed by atoms with Gasteiger partial charge in [0.05, 0.1) is 13.1 Å². The Kier molecular flexibility index (Phi) is 7.88. The first-order chi connectivity index (χ1) is 15.2. The van der Waals surface area contributed by atoms with Gasteiger partial charge in [-0.05, 0) is 43.2 Å². The predicted molar refractivity (Wildman–Crippen MR) is 126 cm³/mol. The van der Waals surface area contributed by atoms with Crippen LogP contribution in [0.3, 0.4) is 0 Å². The van der Waals surface area contributed by atoms with Crippen LogP contribution in [0.2, 0.25) is 5.02 Å². The Bertz CT molecular complexity index is 982. The van der Waals surface area contributed by atoms with Crippen LogP contribution in [-0.2, 0) is 9.59 Å². The van der Waals surface area contributed by atoms with Gasteiger partial charge in [0.1, 0.15) is 0 Å². The maximum atomic E-state index is 12.6. The first-order valence-electron chi connectivity index (χ1n) is 10.6. The van der Waals surface area contributed by atoms with E-state index in [0.29, 0.717) is 36.8 Å². The fourth-order valence-electron chi connectivity index (χ4n) is 3.72. The van der Waals surface area contributed by atoms with Gasteiger partial charge in [-0.3, -0.25) is 19.3 Å². The van der Waals surface area contributed by atoms with E-state index in [2.05, 4.69) is 5.32 Å². The number of carbonyl (C=O) groups excluding carboxylic acids is 3. The molecule has 0 aromatic heterocycles. The number of hydrogen-bond donors (Lipinski definition) is 1. The zero-order chi connectivity index (χ0) is 23.3. The summed E-state index contributed by atoms with van der Waals surface area (Å²) in [7, 11) is 1.63. The van der Waals surface area contributed by atoms with Gasteiger partial charge in [-0.1, -0.05) is 35.9 Å². The van der Waals surface area contributed by atoms with Crippen molar-refractivity contribution in [3.05, 3.63) is 64.2 Å². The standard InChI is InChI=1S/C24H29ClN4O3/c1-17-6-4-7-18(2)23(17)26-21(30)15-27(3)22(31)16-28-10-12-29(13-11-28)24(32)19-8-5-9-20(25)14-19/h4-9,14H,10-13,15-16H2,1-3H3,(H,26,30). The molecule has 1 N–H and O–H groups in total. The Hall–Kier alpha value is -2.90. The zero-order valence-corrected chi connectivity index (χ0v) is 19.5. The second-order valence-electron chi connectivity index (χ2n) is 8.14. The monoisotopic (exact) mass is 456 g/mol. The fraction of sp³-hybridized carbons (Fsp3) is 0.375. The number of nitrogens with zero attached hydrogens (tertiary/aromatic N) is 3. The molecule has 0 saturated carbocycles. The molecule has 2 aromatic rings. The van der Waals surface area contributed by atoms with Gasteiger partial charge in [-0.25, -0.2) is 0 Å². The number of para-hydroxylation sites is 1. The van der Waals surface area contributed by atoms with Gasteiger partial charge in [0.2, 0.25) is 11.8 Å². The lowest BCUT2D eigenvalue weighted by atomic mass is 10.1. The Morgan fingerprint density at radius 1 is 1.00 bits per heavy atom. The molecule has 3 rings (SSSR count). The van der Waals surface area contributed by atoms with E-state index in [1.165, 1.54) is 4.90 Å². The molecule has 2 aromatic carbocycles. The third-order valence-corrected chi connectivity index (χ3v) is 5.88. The molecule has 0 unspecified atom stereocenters. The van der Waals surface area contributed by atoms with Crippen LogP contribution in [0.1, 0.15) is 21.5 Å². The molecule has 1 aliphatic rings. The maximum Gasteiger partial charge on any atom is 0.253 e. The van der Waals surface area contributed by atoms with E-state index in [4.69, 9.17) is 11.6 Å². The first kappa shape index (κ1) is 23.8. The van der Waals surface area contributed by atoms with Crippen molar-refractivity contribution in [2.24, 2.45) is 0 Å². The van der Waals surface area contributed by atoms with Gasteiger partial charge in [0.25, 0.3) is 5.91 Å². The quantitative estimate of drug-likeness (QED) is 0.725. The Labute approximate surface area is 193 Å². The minimum absolute atomic E-state index is 0.0141. The number of hydrogen-bond acceptors (Lipinski definition) is 4. The van der Waals surface area contributed by atoms with E-state index in [0.717, 1.165) is 16.8 Å². The highest BCUT2D eigenvalue weighted by molar-refractivity contribution is 6.30. The molecule has 7 nitrogen and oxygen atoms in total. The highest BCUT2D eigenvalue weighted by Gasteiger charge is 2.24. The van der Waals surface area contributed by atoms with Crippen LogP contribution in [0.25, 0.3) is 0 Å². The lowest BCUT2D eigenvalue weighted by Gasteiger charge is -2.35. The summed E-state index contributed by atoms with van der Waals surface area (Å²) in [6.45, 7) is 6.35. The molecular formula is C24H29ClN4O3. The normalized spacial score (nSPS) is 14.2. The number of anilines is 1. The molecule has 32 heavy (non-hydrogen) atoms. The predicted octanol–water partition coefficient (Wildman–Crippen LogP) is 2.81. The van der Waals surface area contributed by atoms with Crippen molar-refractivity contribution in [2.45, 2.75) is 13.8 Å². The third-order valence-electron chi connectivity index (χ3n) is 5.64. The molecule has 0 bridgehead atoms. The Morgan fingerprint density at radius 2 is 1.62 bits per heavy atom. The van der Waals surface area contributed by atoms with Crippen LogP contribution in [-0.4, -0.2) is 78.7 Å². The number of halogens is 1. The van der Waals surface area contributed by atoms with Gasteiger partial charge >= 0.3 is 0 Å². The van der Waals surface area contributed by atoms with Gasteiger partial charge in [0.15, 0.2) is 0 Å². The second kappa shape index (κ2) is 10.6. The zero-order valence-electron chi connectivity index (χ0n) is 18.7. The van der Waals surface area contributed by atoms with E-state index in [9.17, 15) is 14.4 Å². The molecule has 0 spiro atoms. The smallest absolute Gasteiger partial charge is 0.253 e. The fourth-order valence-corrected chi connectivity index (χ4v) is 3.91. The van der Waals surface area contributed by atoms with Gasteiger partial charge in [-0.2, -0.15) is 0 Å². The van der Waals surface area contributed by atoms with Crippen LogP contribution < -0.4 is 5.32 Å². The molecule has 1 heterocycles. The summed E-state index contributed by atoms with van der Waals surface area (Å²) in [5.41, 5.74) is 3.32. The number of rotatable bonds is 6. The van der Waals surface area contributed by atoms with E-state index in [1.807, 2.05) is 36.9 Å². The summed E-state index contributed by atoms with van der Waals surface area (Å²) in [6.07, 6.45) is 0. The van der Waals surface area contributed by atoms with Crippen LogP contribution in [0.5, 0.6) is 0 Å². The van der Waals surface area contributed by atoms with Gasteiger partial charge < -0.3 is 15.1 Å². The number of nitrogens with one attached hydrogen (secondary N) is 1. The van der Waals surface area contributed by atoms with E-state index < -0.39 is 0 Å². The van der Waals surface area contributed by atoms with Crippen molar-refractivity contribution in [3.63, 3.8) is 0 Å². The van der Waals surface area contributed by atoms with Crippen molar-refractivity contribution in [1.82, 2.24) is 14.7 Å². The molecule has 1 fully saturated rings. The second-order valence-corrected chi connectivity index (χ2v) is 8.58. The van der Waals surface area contributed by atoms with Crippen molar-refractivity contribution in [1.29, 1.82) is 0 Å². The minimum Gasteiger partial charge on any atom is -0.336 e.